The van der Waals surface area contributed by atoms with Gasteiger partial charge in [-0.25, -0.2) is 0 Å². The van der Waals surface area contributed by atoms with Crippen molar-refractivity contribution in [3.05, 3.63) is 40.2 Å². The minimum atomic E-state index is 0.697. The Bertz CT molecular complexity index is 749. The predicted molar refractivity (Wildman–Crippen MR) is 92.7 cm³/mol. The van der Waals surface area contributed by atoms with Gasteiger partial charge in [-0.1, -0.05) is 6.07 Å². The molecule has 1 aromatic carbocycles. The van der Waals surface area contributed by atoms with Gasteiger partial charge in [0, 0.05) is 54.4 Å². The first kappa shape index (κ1) is 15.5. The van der Waals surface area contributed by atoms with Crippen molar-refractivity contribution in [3.8, 4) is 11.5 Å². The Morgan fingerprint density at radius 1 is 1.25 bits per heavy atom. The number of rotatable bonds is 5. The summed E-state index contributed by atoms with van der Waals surface area (Å²) in [5.41, 5.74) is 6.37. The summed E-state index contributed by atoms with van der Waals surface area (Å²) in [5, 5.41) is 7.84. The van der Waals surface area contributed by atoms with Crippen LogP contribution < -0.4 is 9.47 Å². The van der Waals surface area contributed by atoms with Crippen LogP contribution in [0.1, 0.15) is 46.8 Å². The number of ether oxygens (including phenoxy) is 2. The SMILES string of the molecule is COc1ccc(CN2CCc3[nH]nc(C4CC4)c3C2)c(OC)c1C. The zero-order valence-corrected chi connectivity index (χ0v) is 14.7. The fourth-order valence-electron chi connectivity index (χ4n) is 3.80. The molecule has 1 saturated carbocycles. The van der Waals surface area contributed by atoms with Gasteiger partial charge in [-0.2, -0.15) is 5.10 Å². The Kier molecular flexibility index (Phi) is 3.96. The highest BCUT2D eigenvalue weighted by Crippen LogP contribution is 2.42. The number of nitrogens with zero attached hydrogens (tertiary/aromatic N) is 2. The molecule has 5 nitrogen and oxygen atoms in total. The fraction of sp³-hybridized carbons (Fsp3) is 0.526. The van der Waals surface area contributed by atoms with Crippen LogP contribution in [0.25, 0.3) is 0 Å². The fourth-order valence-corrected chi connectivity index (χ4v) is 3.80. The van der Waals surface area contributed by atoms with E-state index in [9.17, 15) is 0 Å². The van der Waals surface area contributed by atoms with Crippen molar-refractivity contribution in [1.82, 2.24) is 15.1 Å². The summed E-state index contributed by atoms with van der Waals surface area (Å²) >= 11 is 0. The van der Waals surface area contributed by atoms with Gasteiger partial charge in [0.2, 0.25) is 0 Å². The molecule has 4 rings (SSSR count). The van der Waals surface area contributed by atoms with E-state index in [0.717, 1.165) is 43.1 Å². The van der Waals surface area contributed by atoms with Crippen LogP contribution in [-0.2, 0) is 19.5 Å². The van der Waals surface area contributed by atoms with E-state index in [1.807, 2.05) is 6.07 Å². The van der Waals surface area contributed by atoms with Crippen molar-refractivity contribution in [3.63, 3.8) is 0 Å². The van der Waals surface area contributed by atoms with Crippen LogP contribution >= 0.6 is 0 Å². The highest BCUT2D eigenvalue weighted by atomic mass is 16.5. The van der Waals surface area contributed by atoms with Gasteiger partial charge in [-0.05, 0) is 25.8 Å². The van der Waals surface area contributed by atoms with E-state index in [2.05, 4.69) is 28.1 Å². The van der Waals surface area contributed by atoms with Gasteiger partial charge in [0.1, 0.15) is 11.5 Å². The highest BCUT2D eigenvalue weighted by molar-refractivity contribution is 5.49. The Hall–Kier alpha value is -2.01. The maximum atomic E-state index is 5.66. The standard InChI is InChI=1S/C19H25N3O2/c1-12-17(23-2)7-6-14(19(12)24-3)10-22-9-8-16-15(11-22)18(21-20-16)13-4-5-13/h6-7,13H,4-5,8-11H2,1-3H3,(H,20,21). The Labute approximate surface area is 143 Å². The molecule has 2 aromatic rings. The smallest absolute Gasteiger partial charge is 0.129 e. The molecule has 0 spiro atoms. The Morgan fingerprint density at radius 3 is 2.79 bits per heavy atom. The van der Waals surface area contributed by atoms with E-state index in [1.165, 1.54) is 35.4 Å². The molecule has 0 amide bonds. The summed E-state index contributed by atoms with van der Waals surface area (Å²) in [6.07, 6.45) is 3.64. The summed E-state index contributed by atoms with van der Waals surface area (Å²) < 4.78 is 11.1. The van der Waals surface area contributed by atoms with Gasteiger partial charge in [-0.15, -0.1) is 0 Å². The van der Waals surface area contributed by atoms with E-state index >= 15 is 0 Å². The van der Waals surface area contributed by atoms with Crippen LogP contribution in [0.4, 0.5) is 0 Å². The number of aromatic amines is 1. The molecule has 24 heavy (non-hydrogen) atoms. The van der Waals surface area contributed by atoms with Gasteiger partial charge in [0.25, 0.3) is 0 Å². The van der Waals surface area contributed by atoms with Crippen molar-refractivity contribution in [1.29, 1.82) is 0 Å². The van der Waals surface area contributed by atoms with Crippen molar-refractivity contribution in [2.45, 2.75) is 45.2 Å². The van der Waals surface area contributed by atoms with Crippen LogP contribution in [0.3, 0.4) is 0 Å². The molecule has 1 aliphatic heterocycles. The van der Waals surface area contributed by atoms with Crippen LogP contribution in [0.2, 0.25) is 0 Å². The second kappa shape index (κ2) is 6.13. The molecule has 2 aliphatic rings. The highest BCUT2D eigenvalue weighted by Gasteiger charge is 2.32. The second-order valence-corrected chi connectivity index (χ2v) is 6.89. The van der Waals surface area contributed by atoms with E-state index in [4.69, 9.17) is 9.47 Å². The van der Waals surface area contributed by atoms with Crippen molar-refractivity contribution in [2.75, 3.05) is 20.8 Å². The number of methoxy groups -OCH3 is 2. The molecular weight excluding hydrogens is 302 g/mol. The molecule has 1 aliphatic carbocycles. The summed E-state index contributed by atoms with van der Waals surface area (Å²) in [6, 6.07) is 4.16. The topological polar surface area (TPSA) is 50.4 Å². The molecule has 0 unspecified atom stereocenters. The zero-order valence-electron chi connectivity index (χ0n) is 14.7. The molecule has 1 aromatic heterocycles. The lowest BCUT2D eigenvalue weighted by molar-refractivity contribution is 0.240. The van der Waals surface area contributed by atoms with Crippen LogP contribution in [0, 0.1) is 6.92 Å². The van der Waals surface area contributed by atoms with Gasteiger partial charge in [-0.3, -0.25) is 10.00 Å². The number of fused-ring (bicyclic) bond motifs is 1. The third kappa shape index (κ3) is 2.67. The van der Waals surface area contributed by atoms with E-state index in [1.54, 1.807) is 14.2 Å². The first-order valence-corrected chi connectivity index (χ1v) is 8.70. The summed E-state index contributed by atoms with van der Waals surface area (Å²) in [4.78, 5) is 2.49. The third-order valence-electron chi connectivity index (χ3n) is 5.26. The maximum absolute atomic E-state index is 5.66. The Balaban J connectivity index is 1.56. The minimum absolute atomic E-state index is 0.697. The average molecular weight is 327 g/mol. The number of nitrogens with one attached hydrogen (secondary N) is 1. The van der Waals surface area contributed by atoms with Crippen molar-refractivity contribution < 1.29 is 9.47 Å². The monoisotopic (exact) mass is 327 g/mol. The largest absolute Gasteiger partial charge is 0.496 e. The molecule has 0 bridgehead atoms. The number of hydrogen-bond donors (Lipinski definition) is 1. The molecule has 5 heteroatoms. The molecule has 0 saturated heterocycles. The first-order chi connectivity index (χ1) is 11.7. The van der Waals surface area contributed by atoms with E-state index < -0.39 is 0 Å². The lowest BCUT2D eigenvalue weighted by atomic mass is 10.0. The van der Waals surface area contributed by atoms with Gasteiger partial charge in [0.15, 0.2) is 0 Å². The molecular formula is C19H25N3O2. The van der Waals surface area contributed by atoms with Gasteiger partial charge in [0.05, 0.1) is 19.9 Å². The molecule has 1 N–H and O–H groups in total. The molecule has 0 radical (unpaired) electrons. The molecule has 128 valence electrons. The van der Waals surface area contributed by atoms with E-state index in [0.29, 0.717) is 5.92 Å². The van der Waals surface area contributed by atoms with Crippen molar-refractivity contribution >= 4 is 0 Å². The van der Waals surface area contributed by atoms with Crippen molar-refractivity contribution in [2.24, 2.45) is 0 Å². The quantitative estimate of drug-likeness (QED) is 0.916. The lowest BCUT2D eigenvalue weighted by Crippen LogP contribution is -2.30. The average Bonchev–Trinajstić information content (AvgIpc) is 3.35. The molecule has 0 atom stereocenters. The molecule has 2 heterocycles. The summed E-state index contributed by atoms with van der Waals surface area (Å²) in [7, 11) is 3.44. The van der Waals surface area contributed by atoms with Crippen LogP contribution in [0.15, 0.2) is 12.1 Å². The van der Waals surface area contributed by atoms with Crippen LogP contribution in [0.5, 0.6) is 11.5 Å². The van der Waals surface area contributed by atoms with E-state index in [-0.39, 0.29) is 0 Å². The molecule has 1 fully saturated rings. The lowest BCUT2D eigenvalue weighted by Gasteiger charge is -2.28. The number of benzene rings is 1. The minimum Gasteiger partial charge on any atom is -0.496 e. The predicted octanol–water partition coefficient (Wildman–Crippen LogP) is 3.17. The number of aromatic nitrogens is 2. The Morgan fingerprint density at radius 2 is 2.08 bits per heavy atom. The summed E-state index contributed by atoms with van der Waals surface area (Å²) in [6.45, 7) is 4.97. The zero-order chi connectivity index (χ0) is 16.7. The summed E-state index contributed by atoms with van der Waals surface area (Å²) in [5.74, 6) is 2.51. The number of H-pyrrole nitrogens is 1. The normalized spacial score (nSPS) is 17.6. The van der Waals surface area contributed by atoms with Gasteiger partial charge >= 0.3 is 0 Å². The van der Waals surface area contributed by atoms with Gasteiger partial charge < -0.3 is 9.47 Å². The van der Waals surface area contributed by atoms with Crippen LogP contribution in [-0.4, -0.2) is 35.9 Å². The second-order valence-electron chi connectivity index (χ2n) is 6.89. The third-order valence-corrected chi connectivity index (χ3v) is 5.26. The number of hydrogen-bond acceptors (Lipinski definition) is 4. The first-order valence-electron chi connectivity index (χ1n) is 8.70. The maximum Gasteiger partial charge on any atom is 0.129 e.